The van der Waals surface area contributed by atoms with Crippen LogP contribution in [0.4, 0.5) is 0 Å². The highest BCUT2D eigenvalue weighted by Gasteiger charge is 2.15. The molecule has 0 amide bonds. The van der Waals surface area contributed by atoms with Gasteiger partial charge in [-0.05, 0) is 12.8 Å². The largest absolute Gasteiger partial charge is 0.351 e. The summed E-state index contributed by atoms with van der Waals surface area (Å²) in [5.41, 5.74) is 2.38. The number of aryl methyl sites for hydroxylation is 2. The number of nitrogens with one attached hydrogen (secondary N) is 1. The first kappa shape index (κ1) is 17.5. The molecule has 0 radical (unpaired) electrons. The minimum atomic E-state index is 0.412. The lowest BCUT2D eigenvalue weighted by molar-refractivity contribution is 0.473. The van der Waals surface area contributed by atoms with Gasteiger partial charge in [0.15, 0.2) is 5.96 Å². The summed E-state index contributed by atoms with van der Waals surface area (Å²) in [6, 6.07) is 0. The minimum absolute atomic E-state index is 0.412. The van der Waals surface area contributed by atoms with Gasteiger partial charge in [-0.1, -0.05) is 13.8 Å². The van der Waals surface area contributed by atoms with Crippen molar-refractivity contribution in [3.63, 3.8) is 0 Å². The molecule has 2 aromatic heterocycles. The quantitative estimate of drug-likeness (QED) is 0.674. The van der Waals surface area contributed by atoms with Gasteiger partial charge in [-0.15, -0.1) is 11.3 Å². The van der Waals surface area contributed by atoms with Crippen molar-refractivity contribution in [2.24, 2.45) is 12.0 Å². The Balaban J connectivity index is 2.01. The van der Waals surface area contributed by atoms with Crippen molar-refractivity contribution in [3.05, 3.63) is 33.5 Å². The topological polar surface area (TPSA) is 58.3 Å². The zero-order valence-corrected chi connectivity index (χ0v) is 15.6. The van der Waals surface area contributed by atoms with E-state index in [0.717, 1.165) is 29.8 Å². The van der Waals surface area contributed by atoms with Gasteiger partial charge in [0.25, 0.3) is 0 Å². The number of hydrogen-bond donors (Lipinski definition) is 1. The molecule has 0 saturated heterocycles. The highest BCUT2D eigenvalue weighted by molar-refractivity contribution is 7.11. The molecule has 6 nitrogen and oxygen atoms in total. The molecule has 2 aromatic rings. The molecule has 0 fully saturated rings. The summed E-state index contributed by atoms with van der Waals surface area (Å²) in [6.07, 6.45) is 4.00. The average molecular weight is 334 g/mol. The molecule has 0 aromatic carbocycles. The highest BCUT2D eigenvalue weighted by atomic mass is 32.1. The Labute approximate surface area is 142 Å². The Morgan fingerprint density at radius 3 is 2.78 bits per heavy atom. The molecular weight excluding hydrogens is 308 g/mol. The van der Waals surface area contributed by atoms with Crippen LogP contribution in [0.2, 0.25) is 0 Å². The van der Waals surface area contributed by atoms with Crippen molar-refractivity contribution in [3.8, 4) is 0 Å². The molecule has 0 atom stereocenters. The van der Waals surface area contributed by atoms with E-state index in [0.29, 0.717) is 5.92 Å². The predicted molar refractivity (Wildman–Crippen MR) is 95.8 cm³/mol. The number of aromatic nitrogens is 3. The van der Waals surface area contributed by atoms with E-state index in [1.54, 1.807) is 11.3 Å². The second-order valence-corrected chi connectivity index (χ2v) is 7.29. The maximum absolute atomic E-state index is 4.57. The lowest BCUT2D eigenvalue weighted by Crippen LogP contribution is -2.38. The third-order valence-corrected chi connectivity index (χ3v) is 4.47. The molecule has 0 spiro atoms. The van der Waals surface area contributed by atoms with Gasteiger partial charge in [0.2, 0.25) is 0 Å². The highest BCUT2D eigenvalue weighted by Crippen LogP contribution is 2.18. The van der Waals surface area contributed by atoms with Crippen molar-refractivity contribution < 1.29 is 0 Å². The van der Waals surface area contributed by atoms with Gasteiger partial charge in [-0.2, -0.15) is 5.10 Å². The first-order valence-corrected chi connectivity index (χ1v) is 8.57. The zero-order valence-electron chi connectivity index (χ0n) is 14.8. The Hall–Kier alpha value is -1.89. The lowest BCUT2D eigenvalue weighted by Gasteiger charge is -2.22. The molecule has 0 bridgehead atoms. The summed E-state index contributed by atoms with van der Waals surface area (Å²) in [4.78, 5) is 12.0. The van der Waals surface area contributed by atoms with Gasteiger partial charge in [-0.25, -0.2) is 4.98 Å². The van der Waals surface area contributed by atoms with E-state index >= 15 is 0 Å². The number of rotatable bonds is 5. The van der Waals surface area contributed by atoms with Crippen LogP contribution in [-0.2, 0) is 20.1 Å². The van der Waals surface area contributed by atoms with E-state index in [1.807, 2.05) is 38.9 Å². The molecule has 0 saturated carbocycles. The Kier molecular flexibility index (Phi) is 5.76. The molecule has 0 aliphatic heterocycles. The van der Waals surface area contributed by atoms with Crippen LogP contribution >= 0.6 is 11.3 Å². The smallest absolute Gasteiger partial charge is 0.193 e. The van der Waals surface area contributed by atoms with Crippen LogP contribution in [0.15, 0.2) is 17.4 Å². The molecule has 2 rings (SSSR count). The molecule has 0 unspecified atom stereocenters. The molecule has 23 heavy (non-hydrogen) atoms. The van der Waals surface area contributed by atoms with Gasteiger partial charge in [0.05, 0.1) is 17.2 Å². The van der Waals surface area contributed by atoms with Crippen LogP contribution in [-0.4, -0.2) is 39.7 Å². The van der Waals surface area contributed by atoms with Crippen molar-refractivity contribution in [2.45, 2.75) is 39.8 Å². The Morgan fingerprint density at radius 1 is 1.48 bits per heavy atom. The number of hydrogen-bond acceptors (Lipinski definition) is 4. The van der Waals surface area contributed by atoms with Crippen LogP contribution < -0.4 is 5.32 Å². The monoisotopic (exact) mass is 334 g/mol. The molecule has 0 aliphatic rings. The molecular formula is C16H26N6S. The van der Waals surface area contributed by atoms with E-state index in [1.165, 1.54) is 10.4 Å². The second-order valence-electron chi connectivity index (χ2n) is 5.97. The lowest BCUT2D eigenvalue weighted by atomic mass is 10.1. The predicted octanol–water partition coefficient (Wildman–Crippen LogP) is 2.52. The summed E-state index contributed by atoms with van der Waals surface area (Å²) in [6.45, 7) is 7.89. The number of aliphatic imine (C=N–C) groups is 1. The van der Waals surface area contributed by atoms with Gasteiger partial charge >= 0.3 is 0 Å². The van der Waals surface area contributed by atoms with Crippen molar-refractivity contribution >= 4 is 17.3 Å². The van der Waals surface area contributed by atoms with Crippen molar-refractivity contribution in [1.29, 1.82) is 0 Å². The number of guanidine groups is 1. The third kappa shape index (κ3) is 4.54. The summed E-state index contributed by atoms with van der Waals surface area (Å²) in [5.74, 6) is 1.28. The van der Waals surface area contributed by atoms with E-state index < -0.39 is 0 Å². The molecule has 2 heterocycles. The van der Waals surface area contributed by atoms with Crippen LogP contribution in [0.3, 0.4) is 0 Å². The van der Waals surface area contributed by atoms with E-state index in [-0.39, 0.29) is 0 Å². The number of thiazole rings is 1. The second kappa shape index (κ2) is 7.59. The number of nitrogens with zero attached hydrogens (tertiary/aromatic N) is 5. The molecule has 126 valence electrons. The minimum Gasteiger partial charge on any atom is -0.351 e. The SMILES string of the molecule is CN=C(NCc1cnc(C)s1)N(C)Cc1cn(C)nc1C(C)C. The maximum Gasteiger partial charge on any atom is 0.193 e. The zero-order chi connectivity index (χ0) is 17.0. The van der Waals surface area contributed by atoms with Crippen LogP contribution in [0, 0.1) is 6.92 Å². The molecule has 1 N–H and O–H groups in total. The van der Waals surface area contributed by atoms with Gasteiger partial charge in [0.1, 0.15) is 0 Å². The van der Waals surface area contributed by atoms with E-state index in [4.69, 9.17) is 0 Å². The fourth-order valence-electron chi connectivity index (χ4n) is 2.53. The summed E-state index contributed by atoms with van der Waals surface area (Å²) in [7, 11) is 5.82. The summed E-state index contributed by atoms with van der Waals surface area (Å²) >= 11 is 1.71. The fourth-order valence-corrected chi connectivity index (χ4v) is 3.27. The molecule has 7 heteroatoms. The average Bonchev–Trinajstić information content (AvgIpc) is 3.05. The summed E-state index contributed by atoms with van der Waals surface area (Å²) in [5, 5.41) is 9.05. The van der Waals surface area contributed by atoms with Crippen LogP contribution in [0.25, 0.3) is 0 Å². The van der Waals surface area contributed by atoms with Crippen LogP contribution in [0.1, 0.15) is 40.9 Å². The van der Waals surface area contributed by atoms with E-state index in [9.17, 15) is 0 Å². The first-order chi connectivity index (χ1) is 10.9. The maximum atomic E-state index is 4.57. The first-order valence-electron chi connectivity index (χ1n) is 7.76. The normalized spacial score (nSPS) is 12.0. The van der Waals surface area contributed by atoms with Crippen LogP contribution in [0.5, 0.6) is 0 Å². The third-order valence-electron chi connectivity index (χ3n) is 3.55. The van der Waals surface area contributed by atoms with E-state index in [2.05, 4.69) is 45.3 Å². The Morgan fingerprint density at radius 2 is 2.22 bits per heavy atom. The van der Waals surface area contributed by atoms with Crippen molar-refractivity contribution in [2.75, 3.05) is 14.1 Å². The molecule has 0 aliphatic carbocycles. The van der Waals surface area contributed by atoms with Crippen molar-refractivity contribution in [1.82, 2.24) is 25.0 Å². The standard InChI is InChI=1S/C16H26N6S/c1-11(2)15-13(10-22(6)20-15)9-21(5)16(17-4)19-8-14-7-18-12(3)23-14/h7,10-11H,8-9H2,1-6H3,(H,17,19). The van der Waals surface area contributed by atoms with Gasteiger partial charge in [0, 0.05) is 50.5 Å². The fraction of sp³-hybridized carbons (Fsp3) is 0.562. The van der Waals surface area contributed by atoms with Gasteiger partial charge < -0.3 is 10.2 Å². The summed E-state index contributed by atoms with van der Waals surface area (Å²) < 4.78 is 1.88. The van der Waals surface area contributed by atoms with Gasteiger partial charge in [-0.3, -0.25) is 9.67 Å². The Bertz CT molecular complexity index is 670.